The topological polar surface area (TPSA) is 49.3 Å². The van der Waals surface area contributed by atoms with Crippen LogP contribution in [0.1, 0.15) is 34.3 Å². The molecule has 1 aliphatic rings. The first-order valence-electron chi connectivity index (χ1n) is 7.49. The predicted molar refractivity (Wildman–Crippen MR) is 87.4 cm³/mol. The first kappa shape index (κ1) is 16.0. The van der Waals surface area contributed by atoms with Crippen LogP contribution in [-0.2, 0) is 12.0 Å². The van der Waals surface area contributed by atoms with Crippen molar-refractivity contribution in [3.8, 4) is 0 Å². The maximum absolute atomic E-state index is 13.2. The lowest BCUT2D eigenvalue weighted by atomic mass is 9.95. The minimum absolute atomic E-state index is 0.0325. The second-order valence-corrected chi connectivity index (χ2v) is 6.42. The van der Waals surface area contributed by atoms with Crippen molar-refractivity contribution >= 4 is 17.6 Å². The van der Waals surface area contributed by atoms with Gasteiger partial charge < -0.3 is 10.4 Å². The highest BCUT2D eigenvalue weighted by Gasteiger charge is 2.45. The molecule has 120 valence electrons. The normalized spacial score (nSPS) is 15.4. The van der Waals surface area contributed by atoms with E-state index in [1.54, 1.807) is 24.3 Å². The number of nitrogens with one attached hydrogen (secondary N) is 1. The van der Waals surface area contributed by atoms with Crippen molar-refractivity contribution in [2.75, 3.05) is 6.54 Å². The number of halogens is 2. The van der Waals surface area contributed by atoms with Crippen LogP contribution in [-0.4, -0.2) is 17.6 Å². The van der Waals surface area contributed by atoms with Gasteiger partial charge in [0.2, 0.25) is 0 Å². The van der Waals surface area contributed by atoms with Gasteiger partial charge in [-0.3, -0.25) is 0 Å². The Labute approximate surface area is 139 Å². The molecule has 0 spiro atoms. The second-order valence-electron chi connectivity index (χ2n) is 6.01. The molecule has 1 saturated carbocycles. The van der Waals surface area contributed by atoms with Gasteiger partial charge in [0.15, 0.2) is 0 Å². The second kappa shape index (κ2) is 6.30. The molecule has 0 saturated heterocycles. The molecule has 2 N–H and O–H groups in total. The van der Waals surface area contributed by atoms with Crippen molar-refractivity contribution in [1.82, 2.24) is 5.32 Å². The molecule has 0 radical (unpaired) electrons. The van der Waals surface area contributed by atoms with E-state index in [9.17, 15) is 9.18 Å². The lowest BCUT2D eigenvalue weighted by molar-refractivity contribution is 0.0696. The van der Waals surface area contributed by atoms with Crippen LogP contribution < -0.4 is 5.32 Å². The third kappa shape index (κ3) is 3.54. The zero-order valence-electron chi connectivity index (χ0n) is 12.5. The first-order valence-corrected chi connectivity index (χ1v) is 7.86. The molecule has 2 aromatic carbocycles. The molecule has 0 heterocycles. The van der Waals surface area contributed by atoms with Gasteiger partial charge in [0.05, 0.1) is 5.56 Å². The van der Waals surface area contributed by atoms with E-state index in [1.807, 2.05) is 6.07 Å². The summed E-state index contributed by atoms with van der Waals surface area (Å²) < 4.78 is 13.2. The van der Waals surface area contributed by atoms with E-state index < -0.39 is 5.97 Å². The third-order valence-electron chi connectivity index (χ3n) is 4.32. The fourth-order valence-electron chi connectivity index (χ4n) is 2.87. The predicted octanol–water partition coefficient (Wildman–Crippen LogP) is 4.00. The van der Waals surface area contributed by atoms with Crippen molar-refractivity contribution in [3.05, 3.63) is 70.0 Å². The molecule has 5 heteroatoms. The van der Waals surface area contributed by atoms with Crippen LogP contribution in [0.2, 0.25) is 5.02 Å². The smallest absolute Gasteiger partial charge is 0.335 e. The third-order valence-corrected chi connectivity index (χ3v) is 4.64. The van der Waals surface area contributed by atoms with E-state index in [2.05, 4.69) is 5.32 Å². The van der Waals surface area contributed by atoms with Crippen molar-refractivity contribution in [2.45, 2.75) is 24.8 Å². The van der Waals surface area contributed by atoms with E-state index >= 15 is 0 Å². The van der Waals surface area contributed by atoms with E-state index in [-0.39, 0.29) is 16.8 Å². The highest BCUT2D eigenvalue weighted by atomic mass is 35.5. The Hall–Kier alpha value is -1.91. The number of carbonyl (C=O) groups is 1. The summed E-state index contributed by atoms with van der Waals surface area (Å²) in [5.74, 6) is -1.25. The van der Waals surface area contributed by atoms with Crippen molar-refractivity contribution in [3.63, 3.8) is 0 Å². The Morgan fingerprint density at radius 2 is 2.04 bits per heavy atom. The number of benzene rings is 2. The molecule has 0 bridgehead atoms. The Morgan fingerprint density at radius 3 is 2.70 bits per heavy atom. The lowest BCUT2D eigenvalue weighted by Crippen LogP contribution is -2.27. The molecule has 0 unspecified atom stereocenters. The Balaban J connectivity index is 1.64. The molecule has 1 aliphatic carbocycles. The molecule has 2 aromatic rings. The minimum Gasteiger partial charge on any atom is -0.478 e. The van der Waals surface area contributed by atoms with Gasteiger partial charge in [0.1, 0.15) is 5.82 Å². The molecule has 0 amide bonds. The Bertz CT molecular complexity index is 744. The molecular formula is C18H17ClFNO2. The Morgan fingerprint density at radius 1 is 1.26 bits per heavy atom. The first-order chi connectivity index (χ1) is 11.0. The van der Waals surface area contributed by atoms with E-state index in [0.29, 0.717) is 11.6 Å². The van der Waals surface area contributed by atoms with E-state index in [0.717, 1.165) is 30.5 Å². The largest absolute Gasteiger partial charge is 0.478 e. The van der Waals surface area contributed by atoms with Gasteiger partial charge >= 0.3 is 5.97 Å². The molecule has 0 aliphatic heterocycles. The van der Waals surface area contributed by atoms with Crippen molar-refractivity contribution in [1.29, 1.82) is 0 Å². The zero-order chi connectivity index (χ0) is 16.4. The monoisotopic (exact) mass is 333 g/mol. The summed E-state index contributed by atoms with van der Waals surface area (Å²) >= 11 is 6.17. The van der Waals surface area contributed by atoms with Crippen LogP contribution in [0.5, 0.6) is 0 Å². The standard InChI is InChI=1S/C18H17ClFNO2/c19-16-9-14(20)4-5-15(16)18(6-7-18)11-21-10-12-2-1-3-13(8-12)17(22)23/h1-5,8-9,21H,6-7,10-11H2,(H,22,23). The fraction of sp³-hybridized carbons (Fsp3) is 0.278. The highest BCUT2D eigenvalue weighted by Crippen LogP contribution is 2.50. The van der Waals surface area contributed by atoms with Gasteiger partial charge in [-0.2, -0.15) is 0 Å². The summed E-state index contributed by atoms with van der Waals surface area (Å²) in [4.78, 5) is 11.0. The minimum atomic E-state index is -0.927. The van der Waals surface area contributed by atoms with Gasteiger partial charge in [0.25, 0.3) is 0 Å². The number of rotatable bonds is 6. The van der Waals surface area contributed by atoms with Crippen LogP contribution in [0, 0.1) is 5.82 Å². The van der Waals surface area contributed by atoms with Gasteiger partial charge in [-0.05, 0) is 48.2 Å². The summed E-state index contributed by atoms with van der Waals surface area (Å²) in [7, 11) is 0. The van der Waals surface area contributed by atoms with Crippen molar-refractivity contribution in [2.24, 2.45) is 0 Å². The average Bonchev–Trinajstić information content (AvgIpc) is 3.28. The molecule has 3 rings (SSSR count). The maximum atomic E-state index is 13.2. The van der Waals surface area contributed by atoms with Gasteiger partial charge in [-0.25, -0.2) is 9.18 Å². The van der Waals surface area contributed by atoms with E-state index in [4.69, 9.17) is 16.7 Å². The van der Waals surface area contributed by atoms with Crippen LogP contribution in [0.15, 0.2) is 42.5 Å². The molecular weight excluding hydrogens is 317 g/mol. The van der Waals surface area contributed by atoms with Crippen LogP contribution >= 0.6 is 11.6 Å². The summed E-state index contributed by atoms with van der Waals surface area (Å²) in [6.07, 6.45) is 2.03. The Kier molecular flexibility index (Phi) is 4.37. The van der Waals surface area contributed by atoms with Gasteiger partial charge in [0, 0.05) is 23.5 Å². The molecule has 23 heavy (non-hydrogen) atoms. The van der Waals surface area contributed by atoms with Crippen LogP contribution in [0.25, 0.3) is 0 Å². The van der Waals surface area contributed by atoms with Gasteiger partial charge in [-0.15, -0.1) is 0 Å². The number of carboxylic acid groups (broad SMARTS) is 1. The quantitative estimate of drug-likeness (QED) is 0.840. The summed E-state index contributed by atoms with van der Waals surface area (Å²) in [6, 6.07) is 11.4. The summed E-state index contributed by atoms with van der Waals surface area (Å²) in [6.45, 7) is 1.32. The highest BCUT2D eigenvalue weighted by molar-refractivity contribution is 6.31. The number of aromatic carboxylic acids is 1. The van der Waals surface area contributed by atoms with Crippen molar-refractivity contribution < 1.29 is 14.3 Å². The lowest BCUT2D eigenvalue weighted by Gasteiger charge is -2.18. The van der Waals surface area contributed by atoms with Crippen LogP contribution in [0.3, 0.4) is 0 Å². The van der Waals surface area contributed by atoms with Crippen LogP contribution in [0.4, 0.5) is 4.39 Å². The molecule has 3 nitrogen and oxygen atoms in total. The number of hydrogen-bond acceptors (Lipinski definition) is 2. The zero-order valence-corrected chi connectivity index (χ0v) is 13.2. The number of hydrogen-bond donors (Lipinski definition) is 2. The SMILES string of the molecule is O=C(O)c1cccc(CNCC2(c3ccc(F)cc3Cl)CC2)c1. The number of carboxylic acids is 1. The fourth-order valence-corrected chi connectivity index (χ4v) is 3.24. The van der Waals surface area contributed by atoms with Gasteiger partial charge in [-0.1, -0.05) is 29.8 Å². The summed E-state index contributed by atoms with van der Waals surface area (Å²) in [5, 5.41) is 12.8. The average molecular weight is 334 g/mol. The summed E-state index contributed by atoms with van der Waals surface area (Å²) in [5.41, 5.74) is 2.15. The maximum Gasteiger partial charge on any atom is 0.335 e. The molecule has 0 aromatic heterocycles. The molecule has 0 atom stereocenters. The molecule has 1 fully saturated rings. The van der Waals surface area contributed by atoms with E-state index in [1.165, 1.54) is 12.1 Å².